The van der Waals surface area contributed by atoms with Gasteiger partial charge in [-0.2, -0.15) is 0 Å². The van der Waals surface area contributed by atoms with Crippen LogP contribution >= 0.6 is 0 Å². The Bertz CT molecular complexity index is 788. The highest BCUT2D eigenvalue weighted by atomic mass is 16.5. The van der Waals surface area contributed by atoms with Crippen molar-refractivity contribution in [2.45, 2.75) is 207 Å². The number of rotatable bonds is 30. The molecule has 2 atom stereocenters. The van der Waals surface area contributed by atoms with Gasteiger partial charge < -0.3 is 14.2 Å². The highest BCUT2D eigenvalue weighted by molar-refractivity contribution is 5.33. The van der Waals surface area contributed by atoms with Gasteiger partial charge in [0.25, 0.3) is 0 Å². The van der Waals surface area contributed by atoms with Crippen LogP contribution in [0.25, 0.3) is 0 Å². The normalized spacial score (nSPS) is 17.1. The molecule has 2 bridgehead atoms. The van der Waals surface area contributed by atoms with Crippen molar-refractivity contribution in [2.24, 2.45) is 0 Å². The molecule has 1 aromatic rings. The first-order chi connectivity index (χ1) is 24.2. The summed E-state index contributed by atoms with van der Waals surface area (Å²) in [5.41, 5.74) is 0. The zero-order valence-electron chi connectivity index (χ0n) is 33.2. The van der Waals surface area contributed by atoms with Crippen LogP contribution in [0, 0.1) is 0 Å². The van der Waals surface area contributed by atoms with Crippen LogP contribution in [0.4, 0.5) is 0 Å². The lowest BCUT2D eigenvalue weighted by Gasteiger charge is -2.33. The zero-order chi connectivity index (χ0) is 35.0. The van der Waals surface area contributed by atoms with Gasteiger partial charge in [-0.05, 0) is 38.1 Å². The molecule has 1 aliphatic rings. The van der Waals surface area contributed by atoms with Gasteiger partial charge in [0.1, 0.15) is 11.5 Å². The third kappa shape index (κ3) is 22.3. The van der Waals surface area contributed by atoms with Crippen LogP contribution in [0.1, 0.15) is 195 Å². The molecular formula is C44H82N2O3. The number of unbranched alkanes of at least 4 members (excludes halogenated alkanes) is 22. The molecular weight excluding hydrogens is 604 g/mol. The number of fused-ring (bicyclic) bond motifs is 2. The maximum atomic E-state index is 6.66. The zero-order valence-corrected chi connectivity index (χ0v) is 33.2. The van der Waals surface area contributed by atoms with Crippen LogP contribution in [0.2, 0.25) is 0 Å². The molecule has 2 rings (SSSR count). The minimum absolute atomic E-state index is 0.0288. The Kier molecular flexibility index (Phi) is 28.1. The summed E-state index contributed by atoms with van der Waals surface area (Å²) >= 11 is 0. The van der Waals surface area contributed by atoms with Gasteiger partial charge in [0.15, 0.2) is 12.5 Å². The Balaban J connectivity index is 1.73. The summed E-state index contributed by atoms with van der Waals surface area (Å²) in [5, 5.41) is 0. The van der Waals surface area contributed by atoms with Crippen LogP contribution < -0.4 is 9.47 Å². The number of nitrogens with zero attached hydrogens (tertiary/aromatic N) is 2. The van der Waals surface area contributed by atoms with Crippen molar-refractivity contribution >= 4 is 0 Å². The smallest absolute Gasteiger partial charge is 0.154 e. The van der Waals surface area contributed by atoms with Crippen LogP contribution in [-0.4, -0.2) is 61.6 Å². The fraction of sp³-hybridized carbons (Fsp3) is 0.864. The molecule has 0 N–H and O–H groups in total. The molecule has 0 fully saturated rings. The van der Waals surface area contributed by atoms with E-state index in [9.17, 15) is 0 Å². The van der Waals surface area contributed by atoms with E-state index >= 15 is 0 Å². The third-order valence-electron chi connectivity index (χ3n) is 10.6. The van der Waals surface area contributed by atoms with Gasteiger partial charge in [-0.15, -0.1) is 0 Å². The van der Waals surface area contributed by atoms with Crippen molar-refractivity contribution in [2.75, 3.05) is 39.4 Å². The average Bonchev–Trinajstić information content (AvgIpc) is 3.11. The molecule has 1 aliphatic heterocycles. The second-order valence-electron chi connectivity index (χ2n) is 14.8. The van der Waals surface area contributed by atoms with Gasteiger partial charge in [-0.3, -0.25) is 9.80 Å². The van der Waals surface area contributed by atoms with E-state index in [1.54, 1.807) is 0 Å². The maximum Gasteiger partial charge on any atom is 0.154 e. The molecule has 0 spiro atoms. The topological polar surface area (TPSA) is 34.2 Å². The van der Waals surface area contributed by atoms with E-state index < -0.39 is 0 Å². The van der Waals surface area contributed by atoms with E-state index in [0.29, 0.717) is 0 Å². The Morgan fingerprint density at radius 3 is 1.12 bits per heavy atom. The van der Waals surface area contributed by atoms with Gasteiger partial charge in [0, 0.05) is 32.0 Å². The maximum absolute atomic E-state index is 6.66. The summed E-state index contributed by atoms with van der Waals surface area (Å²) in [5.74, 6) is 1.80. The highest BCUT2D eigenvalue weighted by Crippen LogP contribution is 2.26. The Hall–Kier alpha value is -1.30. The van der Waals surface area contributed by atoms with Crippen LogP contribution in [0.3, 0.4) is 0 Å². The summed E-state index contributed by atoms with van der Waals surface area (Å²) in [6.45, 7) is 14.7. The van der Waals surface area contributed by atoms with Gasteiger partial charge in [-0.25, -0.2) is 0 Å². The minimum Gasteiger partial charge on any atom is -0.475 e. The number of hydrogen-bond donors (Lipinski definition) is 0. The second-order valence-corrected chi connectivity index (χ2v) is 14.8. The molecule has 49 heavy (non-hydrogen) atoms. The summed E-state index contributed by atoms with van der Waals surface area (Å²) < 4.78 is 19.6. The van der Waals surface area contributed by atoms with Crippen LogP contribution in [0.5, 0.6) is 11.5 Å². The molecule has 0 radical (unpaired) electrons. The summed E-state index contributed by atoms with van der Waals surface area (Å²) in [6.07, 6.45) is 35.0. The first-order valence-corrected chi connectivity index (χ1v) is 21.7. The van der Waals surface area contributed by atoms with E-state index in [-0.39, 0.29) is 12.5 Å². The van der Waals surface area contributed by atoms with Crippen molar-refractivity contribution < 1.29 is 14.2 Å². The lowest BCUT2D eigenvalue weighted by atomic mass is 10.1. The Morgan fingerprint density at radius 1 is 0.469 bits per heavy atom. The third-order valence-corrected chi connectivity index (χ3v) is 10.6. The Labute approximate surface area is 305 Å². The van der Waals surface area contributed by atoms with Crippen LogP contribution in [-0.2, 0) is 4.74 Å². The van der Waals surface area contributed by atoms with Gasteiger partial charge in [0.05, 0.1) is 13.2 Å². The van der Waals surface area contributed by atoms with E-state index in [2.05, 4.69) is 61.8 Å². The molecule has 1 aromatic carbocycles. The van der Waals surface area contributed by atoms with E-state index in [4.69, 9.17) is 14.2 Å². The molecule has 0 aliphatic carbocycles. The molecule has 5 nitrogen and oxygen atoms in total. The SMILES string of the molecule is CCCCCCCCCCCCCCN(CC)C1CCOCCC(N(CC)CCCCCCCCCCCCCC)Oc2cccc(c2)O1. The molecule has 0 saturated heterocycles. The highest BCUT2D eigenvalue weighted by Gasteiger charge is 2.23. The monoisotopic (exact) mass is 687 g/mol. The lowest BCUT2D eigenvalue weighted by Crippen LogP contribution is -2.42. The first-order valence-electron chi connectivity index (χ1n) is 21.7. The van der Waals surface area contributed by atoms with Crippen molar-refractivity contribution in [3.8, 4) is 11.5 Å². The lowest BCUT2D eigenvalue weighted by molar-refractivity contribution is -0.0260. The summed E-state index contributed by atoms with van der Waals surface area (Å²) in [4.78, 5) is 5.02. The fourth-order valence-electron chi connectivity index (χ4n) is 7.36. The number of hydrogen-bond acceptors (Lipinski definition) is 5. The molecule has 1 heterocycles. The average molecular weight is 687 g/mol. The van der Waals surface area contributed by atoms with Crippen molar-refractivity contribution in [1.82, 2.24) is 9.80 Å². The Morgan fingerprint density at radius 2 is 0.796 bits per heavy atom. The minimum atomic E-state index is 0.0288. The predicted octanol–water partition coefficient (Wildman–Crippen LogP) is 13.0. The van der Waals surface area contributed by atoms with Crippen molar-refractivity contribution in [3.05, 3.63) is 24.3 Å². The molecule has 286 valence electrons. The molecule has 0 saturated carbocycles. The second kappa shape index (κ2) is 31.4. The number of ether oxygens (including phenoxy) is 3. The van der Waals surface area contributed by atoms with E-state index in [1.807, 2.05) is 0 Å². The molecule has 5 heteroatoms. The van der Waals surface area contributed by atoms with Crippen LogP contribution in [0.15, 0.2) is 24.3 Å². The van der Waals surface area contributed by atoms with E-state index in [0.717, 1.165) is 63.7 Å². The van der Waals surface area contributed by atoms with E-state index in [1.165, 1.54) is 154 Å². The summed E-state index contributed by atoms with van der Waals surface area (Å²) in [6, 6.07) is 8.37. The summed E-state index contributed by atoms with van der Waals surface area (Å²) in [7, 11) is 0. The van der Waals surface area contributed by atoms with Crippen molar-refractivity contribution in [3.63, 3.8) is 0 Å². The standard InChI is InChI=1S/C44H82N2O3/c1-5-9-11-13-15-17-19-21-23-25-27-29-36-45(7-3)43-34-38-47-39-35-44(49-42-33-31-32-41(40-42)48-43)46(8-4)37-30-28-26-24-22-20-18-16-14-12-10-6-2/h31-33,40,43-44H,5-30,34-39H2,1-4H3. The largest absolute Gasteiger partial charge is 0.475 e. The molecule has 2 unspecified atom stereocenters. The predicted molar refractivity (Wildman–Crippen MR) is 212 cm³/mol. The molecule has 0 amide bonds. The van der Waals surface area contributed by atoms with Gasteiger partial charge in [0.2, 0.25) is 0 Å². The quantitative estimate of drug-likeness (QED) is 0.0753. The van der Waals surface area contributed by atoms with Gasteiger partial charge >= 0.3 is 0 Å². The number of benzene rings is 1. The molecule has 0 aromatic heterocycles. The van der Waals surface area contributed by atoms with Gasteiger partial charge in [-0.1, -0.05) is 175 Å². The first kappa shape index (κ1) is 43.9. The fourth-order valence-corrected chi connectivity index (χ4v) is 7.36. The van der Waals surface area contributed by atoms with Crippen molar-refractivity contribution in [1.29, 1.82) is 0 Å².